The van der Waals surface area contributed by atoms with Gasteiger partial charge in [-0.05, 0) is 25.8 Å². The summed E-state index contributed by atoms with van der Waals surface area (Å²) in [5.74, 6) is -0.779. The Morgan fingerprint density at radius 1 is 1.43 bits per heavy atom. The molecule has 9 heteroatoms. The van der Waals surface area contributed by atoms with E-state index in [1.54, 1.807) is 13.0 Å². The Labute approximate surface area is 134 Å². The van der Waals surface area contributed by atoms with Crippen LogP contribution in [-0.4, -0.2) is 42.9 Å². The molecule has 1 atom stereocenters. The van der Waals surface area contributed by atoms with E-state index in [4.69, 9.17) is 0 Å². The second-order valence-corrected chi connectivity index (χ2v) is 7.64. The van der Waals surface area contributed by atoms with E-state index < -0.39 is 20.9 Å². The van der Waals surface area contributed by atoms with Crippen LogP contribution in [0.15, 0.2) is 18.2 Å². The van der Waals surface area contributed by atoms with Crippen molar-refractivity contribution in [3.63, 3.8) is 0 Å². The van der Waals surface area contributed by atoms with Crippen LogP contribution in [-0.2, 0) is 14.8 Å². The normalized spacial score (nSPS) is 19.3. The van der Waals surface area contributed by atoms with Crippen molar-refractivity contribution in [1.29, 1.82) is 0 Å². The van der Waals surface area contributed by atoms with E-state index in [1.165, 1.54) is 16.4 Å². The van der Waals surface area contributed by atoms with Gasteiger partial charge in [0.25, 0.3) is 5.69 Å². The first-order valence-electron chi connectivity index (χ1n) is 7.20. The van der Waals surface area contributed by atoms with Gasteiger partial charge in [0.2, 0.25) is 15.9 Å². The summed E-state index contributed by atoms with van der Waals surface area (Å²) < 4.78 is 24.5. The lowest BCUT2D eigenvalue weighted by molar-refractivity contribution is -0.385. The fraction of sp³-hybridized carbons (Fsp3) is 0.500. The Kier molecular flexibility index (Phi) is 5.00. The molecule has 1 aromatic carbocycles. The van der Waals surface area contributed by atoms with E-state index in [0.29, 0.717) is 30.6 Å². The van der Waals surface area contributed by atoms with Crippen LogP contribution in [0.4, 0.5) is 11.4 Å². The fourth-order valence-electron chi connectivity index (χ4n) is 2.65. The zero-order chi connectivity index (χ0) is 17.2. The van der Waals surface area contributed by atoms with Crippen molar-refractivity contribution < 1.29 is 18.1 Å². The van der Waals surface area contributed by atoms with Gasteiger partial charge in [0, 0.05) is 19.2 Å². The Morgan fingerprint density at radius 3 is 2.74 bits per heavy atom. The van der Waals surface area contributed by atoms with Gasteiger partial charge in [-0.15, -0.1) is 0 Å². The van der Waals surface area contributed by atoms with Crippen molar-refractivity contribution in [2.75, 3.05) is 24.7 Å². The van der Waals surface area contributed by atoms with Crippen LogP contribution in [0.25, 0.3) is 0 Å². The molecule has 126 valence electrons. The molecule has 2 rings (SSSR count). The summed E-state index contributed by atoms with van der Waals surface area (Å²) in [4.78, 5) is 22.8. The first-order chi connectivity index (χ1) is 10.7. The third-order valence-corrected chi connectivity index (χ3v) is 5.25. The van der Waals surface area contributed by atoms with Gasteiger partial charge in [-0.3, -0.25) is 14.9 Å². The number of anilines is 1. The highest BCUT2D eigenvalue weighted by molar-refractivity contribution is 7.88. The van der Waals surface area contributed by atoms with Crippen LogP contribution in [0.3, 0.4) is 0 Å². The van der Waals surface area contributed by atoms with Crippen molar-refractivity contribution in [1.82, 2.24) is 4.31 Å². The van der Waals surface area contributed by atoms with Gasteiger partial charge >= 0.3 is 0 Å². The average molecular weight is 341 g/mol. The van der Waals surface area contributed by atoms with Gasteiger partial charge in [0.05, 0.1) is 28.3 Å². The molecule has 1 fully saturated rings. The van der Waals surface area contributed by atoms with Gasteiger partial charge < -0.3 is 5.32 Å². The molecule has 0 bridgehead atoms. The zero-order valence-electron chi connectivity index (χ0n) is 13.0. The van der Waals surface area contributed by atoms with Crippen LogP contribution in [0, 0.1) is 23.0 Å². The maximum Gasteiger partial charge on any atom is 0.274 e. The molecule has 0 aromatic heterocycles. The lowest BCUT2D eigenvalue weighted by Gasteiger charge is -2.30. The summed E-state index contributed by atoms with van der Waals surface area (Å²) in [7, 11) is -3.33. The number of benzene rings is 1. The topological polar surface area (TPSA) is 110 Å². The molecule has 0 unspecified atom stereocenters. The van der Waals surface area contributed by atoms with Crippen LogP contribution in [0.5, 0.6) is 0 Å². The van der Waals surface area contributed by atoms with E-state index in [0.717, 1.165) is 6.26 Å². The maximum atomic E-state index is 12.4. The second-order valence-electron chi connectivity index (χ2n) is 5.66. The molecular weight excluding hydrogens is 322 g/mol. The molecule has 0 spiro atoms. The molecule has 23 heavy (non-hydrogen) atoms. The molecule has 1 amide bonds. The summed E-state index contributed by atoms with van der Waals surface area (Å²) >= 11 is 0. The number of nitro groups is 1. The van der Waals surface area contributed by atoms with Gasteiger partial charge in [0.1, 0.15) is 0 Å². The summed E-state index contributed by atoms with van der Waals surface area (Å²) in [5.41, 5.74) is 0.687. The molecule has 0 saturated carbocycles. The predicted molar refractivity (Wildman–Crippen MR) is 85.6 cm³/mol. The van der Waals surface area contributed by atoms with Crippen molar-refractivity contribution >= 4 is 27.3 Å². The Hall–Kier alpha value is -2.00. The smallest absolute Gasteiger partial charge is 0.274 e. The fourth-order valence-corrected chi connectivity index (χ4v) is 3.56. The predicted octanol–water partition coefficient (Wildman–Crippen LogP) is 1.51. The number of nitrogens with zero attached hydrogens (tertiary/aromatic N) is 2. The molecular formula is C14H19N3O5S. The van der Waals surface area contributed by atoms with Crippen LogP contribution >= 0.6 is 0 Å². The third kappa shape index (κ3) is 4.05. The van der Waals surface area contributed by atoms with E-state index in [2.05, 4.69) is 5.32 Å². The molecule has 1 saturated heterocycles. The summed E-state index contributed by atoms with van der Waals surface area (Å²) in [6.45, 7) is 2.12. The number of nitrogens with one attached hydrogen (secondary N) is 1. The second kappa shape index (κ2) is 6.63. The minimum atomic E-state index is -3.33. The Bertz CT molecular complexity index is 732. The number of piperidine rings is 1. The highest BCUT2D eigenvalue weighted by Crippen LogP contribution is 2.26. The largest absolute Gasteiger partial charge is 0.325 e. The van der Waals surface area contributed by atoms with Crippen molar-refractivity contribution in [3.05, 3.63) is 33.9 Å². The van der Waals surface area contributed by atoms with Crippen LogP contribution < -0.4 is 5.32 Å². The Balaban J connectivity index is 2.13. The van der Waals surface area contributed by atoms with E-state index in [1.807, 2.05) is 0 Å². The number of amides is 1. The summed E-state index contributed by atoms with van der Waals surface area (Å²) in [5, 5.41) is 13.6. The molecule has 1 aliphatic rings. The van der Waals surface area contributed by atoms with E-state index in [9.17, 15) is 23.3 Å². The highest BCUT2D eigenvalue weighted by atomic mass is 32.2. The van der Waals surface area contributed by atoms with Gasteiger partial charge in [-0.2, -0.15) is 0 Å². The van der Waals surface area contributed by atoms with Crippen molar-refractivity contribution in [3.8, 4) is 0 Å². The minimum Gasteiger partial charge on any atom is -0.325 e. The molecule has 0 aliphatic carbocycles. The monoisotopic (exact) mass is 341 g/mol. The first-order valence-corrected chi connectivity index (χ1v) is 9.05. The number of hydrogen-bond donors (Lipinski definition) is 1. The zero-order valence-corrected chi connectivity index (χ0v) is 13.8. The first kappa shape index (κ1) is 17.4. The summed E-state index contributed by atoms with van der Waals surface area (Å²) in [6, 6.07) is 4.47. The van der Waals surface area contributed by atoms with E-state index in [-0.39, 0.29) is 18.1 Å². The van der Waals surface area contributed by atoms with Crippen LogP contribution in [0.2, 0.25) is 0 Å². The molecule has 1 N–H and O–H groups in total. The number of carbonyl (C=O) groups excluding carboxylic acids is 1. The lowest BCUT2D eigenvalue weighted by Crippen LogP contribution is -2.43. The number of carbonyl (C=O) groups is 1. The van der Waals surface area contributed by atoms with Gasteiger partial charge in [-0.25, -0.2) is 12.7 Å². The SMILES string of the molecule is Cc1c(NC(=O)[C@@H]2CCCN(S(C)(=O)=O)C2)cccc1[N+](=O)[O-]. The molecule has 0 radical (unpaired) electrons. The molecule has 1 aliphatic heterocycles. The Morgan fingerprint density at radius 2 is 2.13 bits per heavy atom. The molecule has 1 aromatic rings. The quantitative estimate of drug-likeness (QED) is 0.659. The van der Waals surface area contributed by atoms with Gasteiger partial charge in [0.15, 0.2) is 0 Å². The van der Waals surface area contributed by atoms with E-state index >= 15 is 0 Å². The molecule has 8 nitrogen and oxygen atoms in total. The van der Waals surface area contributed by atoms with Crippen molar-refractivity contribution in [2.45, 2.75) is 19.8 Å². The maximum absolute atomic E-state index is 12.4. The summed E-state index contributed by atoms with van der Waals surface area (Å²) in [6.07, 6.45) is 2.32. The number of rotatable bonds is 4. The molecule has 1 heterocycles. The van der Waals surface area contributed by atoms with Gasteiger partial charge in [-0.1, -0.05) is 6.07 Å². The standard InChI is InChI=1S/C14H19N3O5S/c1-10-12(6-3-7-13(10)17(19)20)15-14(18)11-5-4-8-16(9-11)23(2,21)22/h3,6-7,11H,4-5,8-9H2,1-2H3,(H,15,18)/t11-/m1/s1. The highest BCUT2D eigenvalue weighted by Gasteiger charge is 2.30. The minimum absolute atomic E-state index is 0.0655. The average Bonchev–Trinajstić information content (AvgIpc) is 2.48. The van der Waals surface area contributed by atoms with Crippen molar-refractivity contribution in [2.24, 2.45) is 5.92 Å². The third-order valence-electron chi connectivity index (χ3n) is 3.98. The lowest BCUT2D eigenvalue weighted by atomic mass is 9.98. The number of nitro benzene ring substituents is 1. The number of sulfonamides is 1. The number of hydrogen-bond acceptors (Lipinski definition) is 5. The van der Waals surface area contributed by atoms with Crippen LogP contribution in [0.1, 0.15) is 18.4 Å².